The number of esters is 1. The molecular formula is C12H15ClFNO3. The smallest absolute Gasteiger partial charge is 0.327 e. The Morgan fingerprint density at radius 1 is 1.50 bits per heavy atom. The molecule has 6 heteroatoms. The average Bonchev–Trinajstić information content (AvgIpc) is 2.37. The van der Waals surface area contributed by atoms with Gasteiger partial charge in [0.1, 0.15) is 11.9 Å². The Kier molecular flexibility index (Phi) is 6.04. The highest BCUT2D eigenvalue weighted by Gasteiger charge is 2.21. The Hall–Kier alpha value is -1.17. The number of hydrogen-bond donors (Lipinski definition) is 1. The van der Waals surface area contributed by atoms with Crippen LogP contribution in [0.3, 0.4) is 0 Å². The van der Waals surface area contributed by atoms with E-state index < -0.39 is 17.8 Å². The number of ether oxygens (including phenoxy) is 2. The van der Waals surface area contributed by atoms with Crippen molar-refractivity contribution in [2.75, 3.05) is 27.4 Å². The van der Waals surface area contributed by atoms with Crippen LogP contribution in [0.15, 0.2) is 18.2 Å². The number of hydrogen-bond acceptors (Lipinski definition) is 4. The zero-order chi connectivity index (χ0) is 13.5. The Morgan fingerprint density at radius 3 is 2.78 bits per heavy atom. The van der Waals surface area contributed by atoms with Crippen molar-refractivity contribution in [3.05, 3.63) is 34.6 Å². The first-order valence-electron chi connectivity index (χ1n) is 5.35. The van der Waals surface area contributed by atoms with Gasteiger partial charge in [0.25, 0.3) is 0 Å². The first-order chi connectivity index (χ1) is 8.60. The summed E-state index contributed by atoms with van der Waals surface area (Å²) < 4.78 is 22.6. The fourth-order valence-electron chi connectivity index (χ4n) is 1.45. The van der Waals surface area contributed by atoms with E-state index in [4.69, 9.17) is 16.3 Å². The van der Waals surface area contributed by atoms with Crippen molar-refractivity contribution < 1.29 is 18.7 Å². The third-order valence-corrected chi connectivity index (χ3v) is 2.66. The largest absolute Gasteiger partial charge is 0.468 e. The minimum Gasteiger partial charge on any atom is -0.468 e. The van der Waals surface area contributed by atoms with E-state index in [0.29, 0.717) is 18.7 Å². The minimum absolute atomic E-state index is 0.0325. The number of nitrogens with one attached hydrogen (secondary N) is 1. The maximum atomic E-state index is 13.1. The van der Waals surface area contributed by atoms with Crippen molar-refractivity contribution in [1.29, 1.82) is 0 Å². The summed E-state index contributed by atoms with van der Waals surface area (Å²) in [6.45, 7) is 0.910. The molecule has 1 aromatic carbocycles. The molecule has 1 atom stereocenters. The molecule has 0 spiro atoms. The van der Waals surface area contributed by atoms with E-state index in [2.05, 4.69) is 10.1 Å². The Morgan fingerprint density at radius 2 is 2.22 bits per heavy atom. The molecule has 0 heterocycles. The maximum absolute atomic E-state index is 13.1. The van der Waals surface area contributed by atoms with E-state index in [1.54, 1.807) is 7.11 Å². The van der Waals surface area contributed by atoms with Gasteiger partial charge >= 0.3 is 5.97 Å². The molecule has 0 aliphatic heterocycles. The van der Waals surface area contributed by atoms with Crippen LogP contribution < -0.4 is 5.32 Å². The maximum Gasteiger partial charge on any atom is 0.327 e. The molecule has 0 saturated heterocycles. The van der Waals surface area contributed by atoms with Crippen molar-refractivity contribution in [3.8, 4) is 0 Å². The van der Waals surface area contributed by atoms with Gasteiger partial charge in [0.2, 0.25) is 0 Å². The molecular weight excluding hydrogens is 261 g/mol. The fourth-order valence-corrected chi connectivity index (χ4v) is 1.64. The van der Waals surface area contributed by atoms with Crippen LogP contribution in [0, 0.1) is 5.82 Å². The van der Waals surface area contributed by atoms with Crippen molar-refractivity contribution in [2.45, 2.75) is 6.04 Å². The van der Waals surface area contributed by atoms with Gasteiger partial charge in [-0.05, 0) is 17.7 Å². The summed E-state index contributed by atoms with van der Waals surface area (Å²) in [5.74, 6) is -0.991. The van der Waals surface area contributed by atoms with Crippen molar-refractivity contribution in [3.63, 3.8) is 0 Å². The lowest BCUT2D eigenvalue weighted by molar-refractivity contribution is -0.143. The average molecular weight is 276 g/mol. The Balaban J connectivity index is 2.87. The lowest BCUT2D eigenvalue weighted by Gasteiger charge is -2.17. The number of benzene rings is 1. The normalized spacial score (nSPS) is 12.2. The first-order valence-corrected chi connectivity index (χ1v) is 5.73. The standard InChI is InChI=1S/C12H15ClFNO3/c1-17-6-5-15-11(12(16)18-2)8-3-4-10(14)9(13)7-8/h3-4,7,11,15H,5-6H2,1-2H3. The van der Waals surface area contributed by atoms with Crippen molar-refractivity contribution >= 4 is 17.6 Å². The van der Waals surface area contributed by atoms with Crippen LogP contribution in [0.2, 0.25) is 5.02 Å². The zero-order valence-electron chi connectivity index (χ0n) is 10.2. The van der Waals surface area contributed by atoms with Crippen LogP contribution in [0.5, 0.6) is 0 Å². The van der Waals surface area contributed by atoms with Crippen LogP contribution in [0.25, 0.3) is 0 Å². The first kappa shape index (κ1) is 14.9. The number of carbonyl (C=O) groups excluding carboxylic acids is 1. The van der Waals surface area contributed by atoms with Gasteiger partial charge in [0.15, 0.2) is 0 Å². The summed E-state index contributed by atoms with van der Waals surface area (Å²) in [6, 6.07) is 3.41. The van der Waals surface area contributed by atoms with E-state index >= 15 is 0 Å². The highest BCUT2D eigenvalue weighted by molar-refractivity contribution is 6.30. The van der Waals surface area contributed by atoms with Crippen molar-refractivity contribution in [2.24, 2.45) is 0 Å². The van der Waals surface area contributed by atoms with Gasteiger partial charge in [0, 0.05) is 13.7 Å². The molecule has 0 saturated carbocycles. The van der Waals surface area contributed by atoms with Gasteiger partial charge in [-0.1, -0.05) is 17.7 Å². The molecule has 0 amide bonds. The summed E-state index contributed by atoms with van der Waals surface area (Å²) >= 11 is 5.69. The van der Waals surface area contributed by atoms with Crippen LogP contribution in [-0.4, -0.2) is 33.3 Å². The van der Waals surface area contributed by atoms with Gasteiger partial charge in [0.05, 0.1) is 18.7 Å². The topological polar surface area (TPSA) is 47.6 Å². The summed E-state index contributed by atoms with van der Waals surface area (Å²) in [5.41, 5.74) is 0.546. The summed E-state index contributed by atoms with van der Waals surface area (Å²) in [7, 11) is 2.85. The van der Waals surface area contributed by atoms with Gasteiger partial charge in [-0.3, -0.25) is 5.32 Å². The monoisotopic (exact) mass is 275 g/mol. The molecule has 0 aliphatic carbocycles. The number of rotatable bonds is 6. The molecule has 0 aliphatic rings. The molecule has 4 nitrogen and oxygen atoms in total. The van der Waals surface area contributed by atoms with Crippen LogP contribution in [0.4, 0.5) is 4.39 Å². The molecule has 0 bridgehead atoms. The second-order valence-electron chi connectivity index (χ2n) is 3.58. The molecule has 1 N–H and O–H groups in total. The predicted molar refractivity (Wildman–Crippen MR) is 66.0 cm³/mol. The molecule has 1 unspecified atom stereocenters. The summed E-state index contributed by atoms with van der Waals surface area (Å²) in [5, 5.41) is 2.92. The quantitative estimate of drug-likeness (QED) is 0.637. The molecule has 1 aromatic rings. The van der Waals surface area contributed by atoms with Gasteiger partial charge in [-0.2, -0.15) is 0 Å². The zero-order valence-corrected chi connectivity index (χ0v) is 11.0. The SMILES string of the molecule is COCCNC(C(=O)OC)c1ccc(F)c(Cl)c1. The predicted octanol–water partition coefficient (Wildman–Crippen LogP) is 1.93. The molecule has 0 aromatic heterocycles. The van der Waals surface area contributed by atoms with E-state index in [0.717, 1.165) is 0 Å². The van der Waals surface area contributed by atoms with Gasteiger partial charge in [-0.25, -0.2) is 9.18 Å². The summed E-state index contributed by atoms with van der Waals surface area (Å²) in [6.07, 6.45) is 0. The molecule has 1 rings (SSSR count). The van der Waals surface area contributed by atoms with Crippen LogP contribution >= 0.6 is 11.6 Å². The minimum atomic E-state index is -0.691. The third kappa shape index (κ3) is 3.94. The molecule has 0 fully saturated rings. The molecule has 18 heavy (non-hydrogen) atoms. The van der Waals surface area contributed by atoms with Crippen LogP contribution in [0.1, 0.15) is 11.6 Å². The third-order valence-electron chi connectivity index (χ3n) is 2.37. The number of carbonyl (C=O) groups is 1. The van der Waals surface area contributed by atoms with Gasteiger partial charge < -0.3 is 9.47 Å². The van der Waals surface area contributed by atoms with E-state index in [1.165, 1.54) is 25.3 Å². The van der Waals surface area contributed by atoms with Crippen LogP contribution in [-0.2, 0) is 14.3 Å². The summed E-state index contributed by atoms with van der Waals surface area (Å²) in [4.78, 5) is 11.6. The van der Waals surface area contributed by atoms with Gasteiger partial charge in [-0.15, -0.1) is 0 Å². The molecule has 100 valence electrons. The number of halogens is 2. The van der Waals surface area contributed by atoms with Crippen molar-refractivity contribution in [1.82, 2.24) is 5.32 Å². The lowest BCUT2D eigenvalue weighted by Crippen LogP contribution is -2.32. The second kappa shape index (κ2) is 7.31. The molecule has 0 radical (unpaired) electrons. The second-order valence-corrected chi connectivity index (χ2v) is 3.98. The fraction of sp³-hybridized carbons (Fsp3) is 0.417. The number of methoxy groups -OCH3 is 2. The highest BCUT2D eigenvalue weighted by Crippen LogP contribution is 2.21. The Labute approximate surface area is 110 Å². The lowest BCUT2D eigenvalue weighted by atomic mass is 10.1. The van der Waals surface area contributed by atoms with E-state index in [-0.39, 0.29) is 5.02 Å². The van der Waals surface area contributed by atoms with E-state index in [1.807, 2.05) is 0 Å². The Bertz CT molecular complexity index is 414. The van der Waals surface area contributed by atoms with E-state index in [9.17, 15) is 9.18 Å². The highest BCUT2D eigenvalue weighted by atomic mass is 35.5.